The number of aryl methyl sites for hydroxylation is 1. The van der Waals surface area contributed by atoms with E-state index in [1.807, 2.05) is 38.1 Å². The molecule has 1 aliphatic rings. The van der Waals surface area contributed by atoms with E-state index in [1.165, 1.54) is 22.5 Å². The average molecular weight is 467 g/mol. The Morgan fingerprint density at radius 1 is 1.19 bits per heavy atom. The van der Waals surface area contributed by atoms with Gasteiger partial charge in [-0.3, -0.25) is 4.79 Å². The molecule has 0 bridgehead atoms. The molecule has 0 radical (unpaired) electrons. The van der Waals surface area contributed by atoms with Crippen LogP contribution in [0.3, 0.4) is 0 Å². The summed E-state index contributed by atoms with van der Waals surface area (Å²) >= 11 is 5.98. The molecule has 0 spiro atoms. The van der Waals surface area contributed by atoms with Crippen molar-refractivity contribution in [3.8, 4) is 0 Å². The van der Waals surface area contributed by atoms with Gasteiger partial charge < -0.3 is 5.32 Å². The minimum Gasteiger partial charge on any atom is -0.349 e. The molecular weight excluding hydrogens is 439 g/mol. The van der Waals surface area contributed by atoms with Crippen molar-refractivity contribution in [2.24, 2.45) is 5.92 Å². The summed E-state index contributed by atoms with van der Waals surface area (Å²) in [6, 6.07) is 12.1. The highest BCUT2D eigenvalue weighted by Gasteiger charge is 2.32. The summed E-state index contributed by atoms with van der Waals surface area (Å²) in [5, 5.41) is 3.20. The predicted octanol–water partition coefficient (Wildman–Crippen LogP) is 4.60. The van der Waals surface area contributed by atoms with Crippen LogP contribution in [-0.2, 0) is 20.6 Å². The van der Waals surface area contributed by atoms with Crippen molar-refractivity contribution < 1.29 is 17.6 Å². The first-order valence-corrected chi connectivity index (χ1v) is 12.5. The van der Waals surface area contributed by atoms with E-state index < -0.39 is 21.6 Å². The maximum Gasteiger partial charge on any atom is 0.223 e. The monoisotopic (exact) mass is 466 g/mol. The molecule has 8 heteroatoms. The second-order valence-electron chi connectivity index (χ2n) is 8.01. The van der Waals surface area contributed by atoms with Gasteiger partial charge in [0.1, 0.15) is 5.82 Å². The van der Waals surface area contributed by atoms with E-state index in [1.54, 1.807) is 0 Å². The van der Waals surface area contributed by atoms with E-state index >= 15 is 0 Å². The second kappa shape index (κ2) is 10.1. The third-order valence-corrected chi connectivity index (χ3v) is 7.97. The van der Waals surface area contributed by atoms with Gasteiger partial charge in [-0.1, -0.05) is 54.4 Å². The van der Waals surface area contributed by atoms with Crippen LogP contribution in [0.4, 0.5) is 4.39 Å². The molecule has 1 N–H and O–H groups in total. The lowest BCUT2D eigenvalue weighted by molar-refractivity contribution is -0.126. The molecule has 0 aromatic heterocycles. The fourth-order valence-electron chi connectivity index (χ4n) is 3.85. The van der Waals surface area contributed by atoms with Crippen molar-refractivity contribution in [3.63, 3.8) is 0 Å². The average Bonchev–Trinajstić information content (AvgIpc) is 2.75. The van der Waals surface area contributed by atoms with Crippen molar-refractivity contribution in [1.29, 1.82) is 0 Å². The number of sulfonamides is 1. The minimum absolute atomic E-state index is 0.0204. The van der Waals surface area contributed by atoms with Gasteiger partial charge in [-0.2, -0.15) is 0 Å². The summed E-state index contributed by atoms with van der Waals surface area (Å²) in [4.78, 5) is 12.8. The summed E-state index contributed by atoms with van der Waals surface area (Å²) in [5.41, 5.74) is 2.20. The summed E-state index contributed by atoms with van der Waals surface area (Å²) in [5.74, 6) is -1.42. The molecule has 1 aliphatic heterocycles. The van der Waals surface area contributed by atoms with Gasteiger partial charge in [0.25, 0.3) is 0 Å². The smallest absolute Gasteiger partial charge is 0.223 e. The summed E-state index contributed by atoms with van der Waals surface area (Å²) in [6.07, 6.45) is 1.63. The van der Waals surface area contributed by atoms with E-state index in [-0.39, 0.29) is 41.5 Å². The number of benzene rings is 2. The van der Waals surface area contributed by atoms with Gasteiger partial charge in [0, 0.05) is 29.6 Å². The molecule has 1 amide bonds. The van der Waals surface area contributed by atoms with E-state index in [9.17, 15) is 17.6 Å². The summed E-state index contributed by atoms with van der Waals surface area (Å²) in [6.45, 7) is 4.50. The molecule has 1 fully saturated rings. The molecule has 5 nitrogen and oxygen atoms in total. The number of nitrogens with one attached hydrogen (secondary N) is 1. The van der Waals surface area contributed by atoms with Crippen molar-refractivity contribution in [1.82, 2.24) is 9.62 Å². The lowest BCUT2D eigenvalue weighted by Crippen LogP contribution is -2.44. The predicted molar refractivity (Wildman–Crippen MR) is 121 cm³/mol. The Bertz CT molecular complexity index is 999. The molecule has 2 aromatic carbocycles. The van der Waals surface area contributed by atoms with Crippen molar-refractivity contribution in [3.05, 3.63) is 70.0 Å². The molecule has 1 atom stereocenters. The Hall–Kier alpha value is -1.96. The number of nitrogens with zero attached hydrogens (tertiary/aromatic N) is 1. The number of hydrogen-bond acceptors (Lipinski definition) is 3. The molecule has 3 rings (SSSR count). The lowest BCUT2D eigenvalue weighted by atomic mass is 9.95. The molecule has 1 heterocycles. The van der Waals surface area contributed by atoms with Crippen LogP contribution < -0.4 is 5.32 Å². The van der Waals surface area contributed by atoms with Gasteiger partial charge >= 0.3 is 0 Å². The fourth-order valence-corrected chi connectivity index (χ4v) is 5.77. The number of halogens is 2. The van der Waals surface area contributed by atoms with Gasteiger partial charge in [0.2, 0.25) is 15.9 Å². The molecular formula is C23H28ClFN2O3S. The van der Waals surface area contributed by atoms with Crippen LogP contribution >= 0.6 is 11.6 Å². The molecule has 168 valence electrons. The highest BCUT2D eigenvalue weighted by Crippen LogP contribution is 2.27. The van der Waals surface area contributed by atoms with Crippen LogP contribution in [0.2, 0.25) is 5.02 Å². The van der Waals surface area contributed by atoms with Crippen LogP contribution in [0.1, 0.15) is 48.9 Å². The standard InChI is InChI=1S/C23H28ClFN2O3S/c1-3-22(17-9-7-16(2)8-10-17)26-23(28)18-11-13-27(14-12-18)31(29,30)15-19-20(24)5-4-6-21(19)25/h4-10,18,22H,3,11-15H2,1-2H3,(H,26,28)/t22-/m0/s1. The Balaban J connectivity index is 1.59. The van der Waals surface area contributed by atoms with Crippen LogP contribution in [0.15, 0.2) is 42.5 Å². The lowest BCUT2D eigenvalue weighted by Gasteiger charge is -2.31. The van der Waals surface area contributed by atoms with Gasteiger partial charge in [-0.15, -0.1) is 0 Å². The van der Waals surface area contributed by atoms with Crippen LogP contribution in [-0.4, -0.2) is 31.7 Å². The van der Waals surface area contributed by atoms with E-state index in [2.05, 4.69) is 5.32 Å². The normalized spacial score (nSPS) is 16.8. The molecule has 2 aromatic rings. The molecule has 0 saturated carbocycles. The fraction of sp³-hybridized carbons (Fsp3) is 0.435. The second-order valence-corrected chi connectivity index (χ2v) is 10.4. The quantitative estimate of drug-likeness (QED) is 0.648. The van der Waals surface area contributed by atoms with Gasteiger partial charge in [0.05, 0.1) is 11.8 Å². The number of carbonyl (C=O) groups is 1. The van der Waals surface area contributed by atoms with Crippen molar-refractivity contribution in [2.45, 2.75) is 44.9 Å². The number of amides is 1. The zero-order chi connectivity index (χ0) is 22.6. The third-order valence-electron chi connectivity index (χ3n) is 5.81. The number of rotatable bonds is 7. The Morgan fingerprint density at radius 2 is 1.84 bits per heavy atom. The van der Waals surface area contributed by atoms with Crippen LogP contribution in [0.25, 0.3) is 0 Å². The first-order valence-electron chi connectivity index (χ1n) is 10.5. The third kappa shape index (κ3) is 5.84. The van der Waals surface area contributed by atoms with E-state index in [0.29, 0.717) is 12.8 Å². The van der Waals surface area contributed by atoms with Gasteiger partial charge in [-0.05, 0) is 43.9 Å². The highest BCUT2D eigenvalue weighted by molar-refractivity contribution is 7.88. The largest absolute Gasteiger partial charge is 0.349 e. The maximum absolute atomic E-state index is 14.0. The summed E-state index contributed by atoms with van der Waals surface area (Å²) < 4.78 is 40.9. The zero-order valence-corrected chi connectivity index (χ0v) is 19.3. The van der Waals surface area contributed by atoms with E-state index in [4.69, 9.17) is 11.6 Å². The van der Waals surface area contributed by atoms with Crippen molar-refractivity contribution >= 4 is 27.5 Å². The first kappa shape index (κ1) is 23.7. The van der Waals surface area contributed by atoms with Crippen LogP contribution in [0.5, 0.6) is 0 Å². The SMILES string of the molecule is CC[C@H](NC(=O)C1CCN(S(=O)(=O)Cc2c(F)cccc2Cl)CC1)c1ccc(C)cc1. The number of hydrogen-bond donors (Lipinski definition) is 1. The Morgan fingerprint density at radius 3 is 2.42 bits per heavy atom. The molecule has 0 unspecified atom stereocenters. The maximum atomic E-state index is 14.0. The summed E-state index contributed by atoms with van der Waals surface area (Å²) in [7, 11) is -3.73. The van der Waals surface area contributed by atoms with Crippen molar-refractivity contribution in [2.75, 3.05) is 13.1 Å². The highest BCUT2D eigenvalue weighted by atomic mass is 35.5. The zero-order valence-electron chi connectivity index (χ0n) is 17.8. The first-order chi connectivity index (χ1) is 14.7. The van der Waals surface area contributed by atoms with Gasteiger partial charge in [-0.25, -0.2) is 17.1 Å². The molecule has 0 aliphatic carbocycles. The Labute approximate surface area is 188 Å². The van der Waals surface area contributed by atoms with E-state index in [0.717, 1.165) is 17.5 Å². The Kier molecular flexibility index (Phi) is 7.73. The molecule has 31 heavy (non-hydrogen) atoms. The minimum atomic E-state index is -3.73. The molecule has 1 saturated heterocycles. The number of carbonyl (C=O) groups excluding carboxylic acids is 1. The van der Waals surface area contributed by atoms with Gasteiger partial charge in [0.15, 0.2) is 0 Å². The topological polar surface area (TPSA) is 66.5 Å². The van der Waals surface area contributed by atoms with Crippen LogP contribution in [0, 0.1) is 18.7 Å². The number of piperidine rings is 1.